The lowest BCUT2D eigenvalue weighted by Gasteiger charge is -2.37. The van der Waals surface area contributed by atoms with Gasteiger partial charge in [0.05, 0.1) is 7.11 Å². The second kappa shape index (κ2) is 8.33. The maximum absolute atomic E-state index is 11.8. The molecule has 0 aromatic heterocycles. The zero-order chi connectivity index (χ0) is 19.5. The Morgan fingerprint density at radius 3 is 1.85 bits per heavy atom. The number of rotatable bonds is 7. The van der Waals surface area contributed by atoms with Gasteiger partial charge in [0, 0.05) is 17.0 Å². The van der Waals surface area contributed by atoms with Crippen LogP contribution in [0, 0.1) is 5.92 Å². The zero-order valence-corrected chi connectivity index (χ0v) is 16.3. The minimum Gasteiger partial charge on any atom is -0.755 e. The van der Waals surface area contributed by atoms with Crippen molar-refractivity contribution in [2.45, 2.75) is 19.6 Å². The van der Waals surface area contributed by atoms with Crippen LogP contribution in [0.15, 0.2) is 48.5 Å². The van der Waals surface area contributed by atoms with Crippen molar-refractivity contribution in [2.75, 3.05) is 11.4 Å². The van der Waals surface area contributed by atoms with E-state index in [1.807, 2.05) is 24.3 Å². The van der Waals surface area contributed by atoms with Gasteiger partial charge in [0.2, 0.25) is 0 Å². The first kappa shape index (κ1) is 20.6. The molecule has 0 spiro atoms. The van der Waals surface area contributed by atoms with Crippen LogP contribution < -0.4 is 9.04 Å². The molecule has 2 aromatic carbocycles. The third-order valence-electron chi connectivity index (χ3n) is 3.89. The fourth-order valence-electron chi connectivity index (χ4n) is 2.71. The summed E-state index contributed by atoms with van der Waals surface area (Å²) >= 11 is -2.83. The van der Waals surface area contributed by atoms with Gasteiger partial charge < -0.3 is 19.1 Å². The van der Waals surface area contributed by atoms with Gasteiger partial charge in [-0.25, -0.2) is 0 Å². The molecule has 2 aromatic rings. The molecule has 7 nitrogen and oxygen atoms in total. The van der Waals surface area contributed by atoms with Crippen LogP contribution in [0.1, 0.15) is 13.8 Å². The Morgan fingerprint density at radius 2 is 1.50 bits per heavy atom. The molecule has 0 aliphatic carbocycles. The predicted molar refractivity (Wildman–Crippen MR) is 100 cm³/mol. The predicted octanol–water partition coefficient (Wildman–Crippen LogP) is 3.12. The first-order valence-electron chi connectivity index (χ1n) is 7.83. The van der Waals surface area contributed by atoms with Crippen molar-refractivity contribution in [1.29, 1.82) is 0 Å². The normalized spacial score (nSPS) is 14.1. The number of methoxy groups -OCH3 is 1. The lowest BCUT2D eigenvalue weighted by atomic mass is 10.1. The molecule has 0 fully saturated rings. The summed E-state index contributed by atoms with van der Waals surface area (Å²) in [6.45, 7) is 3.13. The van der Waals surface area contributed by atoms with Crippen LogP contribution in [0.4, 0.5) is 5.69 Å². The number of ether oxygens (including phenoxy) is 1. The molecule has 2 atom stereocenters. The first-order chi connectivity index (χ1) is 12.1. The average Bonchev–Trinajstić information content (AvgIpc) is 2.58. The summed E-state index contributed by atoms with van der Waals surface area (Å²) in [6.07, 6.45) is 0. The third-order valence-corrected chi connectivity index (χ3v) is 6.32. The number of hydrogen-bond donors (Lipinski definition) is 2. The van der Waals surface area contributed by atoms with Crippen molar-refractivity contribution in [3.63, 3.8) is 0 Å². The zero-order valence-electron chi connectivity index (χ0n) is 14.6. The largest absolute Gasteiger partial charge is 0.755 e. The molecule has 0 saturated carbocycles. The van der Waals surface area contributed by atoms with Crippen molar-refractivity contribution >= 4 is 24.5 Å². The average molecular weight is 398 g/mol. The number of hydrogen-bond acceptors (Lipinski definition) is 4. The van der Waals surface area contributed by atoms with Crippen molar-refractivity contribution in [2.24, 2.45) is 5.92 Å². The summed E-state index contributed by atoms with van der Waals surface area (Å²) in [5.74, 6) is -1.32. The van der Waals surface area contributed by atoms with Crippen molar-refractivity contribution in [3.05, 3.63) is 48.5 Å². The summed E-state index contributed by atoms with van der Waals surface area (Å²) in [5, 5.41) is 0. The van der Waals surface area contributed by atoms with Crippen LogP contribution in [-0.2, 0) is 15.8 Å². The van der Waals surface area contributed by atoms with E-state index in [1.54, 1.807) is 33.1 Å². The van der Waals surface area contributed by atoms with Gasteiger partial charge in [0.15, 0.2) is 0 Å². The van der Waals surface area contributed by atoms with E-state index in [0.29, 0.717) is 0 Å². The lowest BCUT2D eigenvalue weighted by molar-refractivity contribution is 0.342. The topological polar surface area (TPSA) is 110 Å². The highest BCUT2D eigenvalue weighted by atomic mass is 32.2. The van der Waals surface area contributed by atoms with Crippen LogP contribution in [0.25, 0.3) is 11.1 Å². The Morgan fingerprint density at radius 1 is 1.04 bits per heavy atom. The number of anilines is 1. The molecule has 26 heavy (non-hydrogen) atoms. The van der Waals surface area contributed by atoms with Crippen molar-refractivity contribution in [3.8, 4) is 16.9 Å². The van der Waals surface area contributed by atoms with Gasteiger partial charge in [-0.15, -0.1) is 0 Å². The van der Waals surface area contributed by atoms with Gasteiger partial charge in [-0.1, -0.05) is 38.1 Å². The van der Waals surface area contributed by atoms with Crippen molar-refractivity contribution in [1.82, 2.24) is 0 Å². The molecular formula is C17H21NO6PS-. The summed E-state index contributed by atoms with van der Waals surface area (Å²) in [4.78, 5) is 19.2. The van der Waals surface area contributed by atoms with E-state index in [4.69, 9.17) is 4.74 Å². The highest BCUT2D eigenvalue weighted by Gasteiger charge is 2.38. The minimum absolute atomic E-state index is 0.192. The first-order valence-corrected chi connectivity index (χ1v) is 10.5. The number of benzene rings is 2. The molecule has 0 radical (unpaired) electrons. The smallest absolute Gasteiger partial charge is 0.349 e. The van der Waals surface area contributed by atoms with Gasteiger partial charge in [-0.05, 0) is 41.3 Å². The molecular weight excluding hydrogens is 377 g/mol. The maximum Gasteiger partial charge on any atom is 0.349 e. The van der Waals surface area contributed by atoms with Gasteiger partial charge in [-0.3, -0.25) is 13.1 Å². The molecule has 9 heteroatoms. The molecule has 0 aliphatic heterocycles. The highest BCUT2D eigenvalue weighted by molar-refractivity contribution is 7.81. The van der Waals surface area contributed by atoms with Gasteiger partial charge in [0.1, 0.15) is 11.5 Å². The van der Waals surface area contributed by atoms with E-state index >= 15 is 0 Å². The van der Waals surface area contributed by atoms with Gasteiger partial charge in [-0.2, -0.15) is 0 Å². The summed E-state index contributed by atoms with van der Waals surface area (Å²) in [5.41, 5.74) is 1.94. The summed E-state index contributed by atoms with van der Waals surface area (Å²) in [7, 11) is -3.09. The third kappa shape index (κ3) is 4.72. The molecule has 2 rings (SSSR count). The fraction of sp³-hybridized carbons (Fsp3) is 0.294. The van der Waals surface area contributed by atoms with E-state index in [1.165, 1.54) is 12.1 Å². The SMILES string of the molecule is COc1ccc(-c2ccc(N(C(C(C)C)P(=O)(O)O)S(=O)[O-])cc2)cc1. The molecule has 0 amide bonds. The highest BCUT2D eigenvalue weighted by Crippen LogP contribution is 2.48. The molecule has 2 N–H and O–H groups in total. The van der Waals surface area contributed by atoms with E-state index < -0.39 is 30.6 Å². The van der Waals surface area contributed by atoms with Gasteiger partial charge >= 0.3 is 7.60 Å². The molecule has 0 heterocycles. The molecule has 142 valence electrons. The summed E-state index contributed by atoms with van der Waals surface area (Å²) in [6, 6.07) is 13.8. The van der Waals surface area contributed by atoms with E-state index in [0.717, 1.165) is 21.2 Å². The Bertz CT molecular complexity index is 803. The van der Waals surface area contributed by atoms with Crippen molar-refractivity contribution < 1.29 is 27.9 Å². The Hall–Kier alpha value is -1.70. The van der Waals surface area contributed by atoms with Crippen LogP contribution >= 0.6 is 7.60 Å². The second-order valence-corrected chi connectivity index (χ2v) is 8.60. The second-order valence-electron chi connectivity index (χ2n) is 6.07. The van der Waals surface area contributed by atoms with Crippen LogP contribution in [0.3, 0.4) is 0 Å². The van der Waals surface area contributed by atoms with E-state index in [9.17, 15) is 23.1 Å². The molecule has 0 saturated heterocycles. The van der Waals surface area contributed by atoms with E-state index in [2.05, 4.69) is 0 Å². The monoisotopic (exact) mass is 398 g/mol. The van der Waals surface area contributed by atoms with E-state index in [-0.39, 0.29) is 5.69 Å². The maximum atomic E-state index is 11.8. The fourth-order valence-corrected chi connectivity index (χ4v) is 5.20. The lowest BCUT2D eigenvalue weighted by Crippen LogP contribution is -2.40. The molecule has 2 unspecified atom stereocenters. The number of nitrogens with zero attached hydrogens (tertiary/aromatic N) is 1. The van der Waals surface area contributed by atoms with Gasteiger partial charge in [0.25, 0.3) is 0 Å². The van der Waals surface area contributed by atoms with Crippen LogP contribution in [0.2, 0.25) is 0 Å². The van der Waals surface area contributed by atoms with Crippen LogP contribution in [0.5, 0.6) is 5.75 Å². The standard InChI is InChI=1S/C17H22NO6PS/c1-12(2)17(25(19,20)21)18(26(22)23)15-8-4-13(5-9-15)14-6-10-16(24-3)11-7-14/h4-12,17H,1-3H3,(H,22,23)(H2,19,20,21)/p-1. The Kier molecular flexibility index (Phi) is 6.60. The Labute approximate surface area is 155 Å². The molecule has 0 bridgehead atoms. The minimum atomic E-state index is -4.67. The quantitative estimate of drug-likeness (QED) is 0.548. The molecule has 0 aliphatic rings. The van der Waals surface area contributed by atoms with Crippen LogP contribution in [-0.4, -0.2) is 31.4 Å². The summed E-state index contributed by atoms with van der Waals surface area (Å²) < 4.78 is 41.0. The Balaban J connectivity index is 2.39.